The van der Waals surface area contributed by atoms with Gasteiger partial charge in [-0.1, -0.05) is 0 Å². The molecule has 0 radical (unpaired) electrons. The first-order chi connectivity index (χ1) is 13.8. The van der Waals surface area contributed by atoms with E-state index in [1.165, 1.54) is 19.3 Å². The van der Waals surface area contributed by atoms with Crippen LogP contribution in [0, 0.1) is 6.92 Å². The van der Waals surface area contributed by atoms with Gasteiger partial charge in [0, 0.05) is 0 Å². The van der Waals surface area contributed by atoms with Crippen molar-refractivity contribution in [2.75, 3.05) is 31.1 Å². The van der Waals surface area contributed by atoms with Gasteiger partial charge in [0.1, 0.15) is 0 Å². The van der Waals surface area contributed by atoms with E-state index in [9.17, 15) is 13.2 Å². The third-order valence-corrected chi connectivity index (χ3v) is 5.83. The van der Waals surface area contributed by atoms with Crippen molar-refractivity contribution >= 4 is 49.7 Å². The number of rotatable bonds is 2. The standard InChI is InChI=1S/C19H18AsClF3N5/c1-10-6-15(20)28-17(16(10)19(22,23)24)11-8-14-12(7-13(11)21)18(27-9-26-14)29-4-2-25-3-5-29/h6-9,25H,2-5,20H2,1H3. The van der Waals surface area contributed by atoms with Crippen LogP contribution < -0.4 is 14.7 Å². The number of halogens is 4. The molecule has 1 atom stereocenters. The quantitative estimate of drug-likeness (QED) is 0.567. The number of aromatic nitrogens is 3. The Morgan fingerprint density at radius 1 is 1.14 bits per heavy atom. The van der Waals surface area contributed by atoms with E-state index >= 15 is 0 Å². The van der Waals surface area contributed by atoms with Crippen molar-refractivity contribution in [2.24, 2.45) is 0 Å². The van der Waals surface area contributed by atoms with Gasteiger partial charge >= 0.3 is 179 Å². The Hall–Kier alpha value is -1.89. The van der Waals surface area contributed by atoms with E-state index in [0.29, 0.717) is 15.4 Å². The number of nitrogens with one attached hydrogen (secondary N) is 1. The summed E-state index contributed by atoms with van der Waals surface area (Å²) in [5.41, 5.74) is -0.0449. The van der Waals surface area contributed by atoms with Gasteiger partial charge in [-0.2, -0.15) is 0 Å². The molecule has 29 heavy (non-hydrogen) atoms. The van der Waals surface area contributed by atoms with Gasteiger partial charge in [-0.3, -0.25) is 0 Å². The van der Waals surface area contributed by atoms with Crippen molar-refractivity contribution in [1.82, 2.24) is 20.3 Å². The molecule has 1 N–H and O–H groups in total. The van der Waals surface area contributed by atoms with Gasteiger partial charge in [-0.05, 0) is 0 Å². The van der Waals surface area contributed by atoms with Crippen LogP contribution in [-0.4, -0.2) is 58.0 Å². The van der Waals surface area contributed by atoms with Gasteiger partial charge in [0.2, 0.25) is 0 Å². The second kappa shape index (κ2) is 7.74. The second-order valence-electron chi connectivity index (χ2n) is 6.87. The van der Waals surface area contributed by atoms with Crippen molar-refractivity contribution in [2.45, 2.75) is 13.1 Å². The maximum absolute atomic E-state index is 13.8. The first kappa shape index (κ1) is 20.4. The van der Waals surface area contributed by atoms with Crippen LogP contribution in [0.4, 0.5) is 19.0 Å². The number of anilines is 1. The Balaban J connectivity index is 1.92. The third-order valence-electron chi connectivity index (χ3n) is 4.89. The Bertz CT molecular complexity index is 1080. The summed E-state index contributed by atoms with van der Waals surface area (Å²) in [6.07, 6.45) is -3.11. The number of benzene rings is 1. The van der Waals surface area contributed by atoms with Gasteiger partial charge < -0.3 is 0 Å². The average Bonchev–Trinajstić information content (AvgIpc) is 2.66. The Labute approximate surface area is 179 Å². The van der Waals surface area contributed by atoms with E-state index in [1.807, 2.05) is 0 Å². The SMILES string of the molecule is Cc1cc([AsH2])nc(-c2cc3ncnc(N4CCNCC4)c3cc2Cl)c1C(F)(F)F. The molecule has 10 heteroatoms. The van der Waals surface area contributed by atoms with Crippen LogP contribution in [0.3, 0.4) is 0 Å². The monoisotopic (exact) mass is 483 g/mol. The van der Waals surface area contributed by atoms with Crippen LogP contribution in [0.5, 0.6) is 0 Å². The van der Waals surface area contributed by atoms with Crippen molar-refractivity contribution in [3.63, 3.8) is 0 Å². The number of alkyl halides is 3. The second-order valence-corrected chi connectivity index (χ2v) is 8.52. The molecule has 5 nitrogen and oxygen atoms in total. The number of fused-ring (bicyclic) bond motifs is 1. The molecular weight excluding hydrogens is 466 g/mol. The normalized spacial score (nSPS) is 15.2. The third kappa shape index (κ3) is 3.93. The van der Waals surface area contributed by atoms with Crippen LogP contribution in [0.2, 0.25) is 5.02 Å². The van der Waals surface area contributed by atoms with Crippen LogP contribution >= 0.6 is 11.6 Å². The van der Waals surface area contributed by atoms with Crippen molar-refractivity contribution in [1.29, 1.82) is 0 Å². The summed E-state index contributed by atoms with van der Waals surface area (Å²) in [6.45, 7) is 4.67. The van der Waals surface area contributed by atoms with Crippen LogP contribution in [0.25, 0.3) is 22.2 Å². The van der Waals surface area contributed by atoms with E-state index in [4.69, 9.17) is 11.6 Å². The summed E-state index contributed by atoms with van der Waals surface area (Å²) < 4.78 is 41.8. The fraction of sp³-hybridized carbons (Fsp3) is 0.316. The van der Waals surface area contributed by atoms with E-state index in [1.54, 1.807) is 12.1 Å². The van der Waals surface area contributed by atoms with Gasteiger partial charge in [0.25, 0.3) is 0 Å². The topological polar surface area (TPSA) is 53.9 Å². The summed E-state index contributed by atoms with van der Waals surface area (Å²) in [7, 11) is 0. The van der Waals surface area contributed by atoms with Gasteiger partial charge in [-0.15, -0.1) is 0 Å². The predicted octanol–water partition coefficient (Wildman–Crippen LogP) is 2.34. The summed E-state index contributed by atoms with van der Waals surface area (Å²) in [5.74, 6) is 0.734. The van der Waals surface area contributed by atoms with E-state index < -0.39 is 11.7 Å². The van der Waals surface area contributed by atoms with Gasteiger partial charge in [0.15, 0.2) is 0 Å². The average molecular weight is 484 g/mol. The molecule has 4 rings (SSSR count). The number of piperazine rings is 1. The number of hydrogen-bond acceptors (Lipinski definition) is 5. The molecule has 3 aromatic rings. The zero-order valence-corrected chi connectivity index (χ0v) is 18.7. The van der Waals surface area contributed by atoms with E-state index in [-0.39, 0.29) is 21.8 Å². The summed E-state index contributed by atoms with van der Waals surface area (Å²) in [5, 5.41) is 4.19. The molecule has 152 valence electrons. The molecule has 0 amide bonds. The summed E-state index contributed by atoms with van der Waals surface area (Å²) in [4.78, 5) is 15.0. The first-order valence-corrected chi connectivity index (χ1v) is 10.6. The molecule has 0 saturated carbocycles. The van der Waals surface area contributed by atoms with Crippen molar-refractivity contribution < 1.29 is 13.2 Å². The molecule has 1 aliphatic heterocycles. The van der Waals surface area contributed by atoms with Gasteiger partial charge in [-0.25, -0.2) is 0 Å². The molecule has 2 aromatic heterocycles. The molecule has 1 aliphatic rings. The molecule has 1 fully saturated rings. The molecular formula is C19H18AsClF3N5. The van der Waals surface area contributed by atoms with Crippen molar-refractivity contribution in [3.05, 3.63) is 40.7 Å². The van der Waals surface area contributed by atoms with Crippen molar-refractivity contribution in [3.8, 4) is 11.3 Å². The molecule has 0 spiro atoms. The van der Waals surface area contributed by atoms with Crippen LogP contribution in [0.15, 0.2) is 24.5 Å². The number of pyridine rings is 1. The minimum absolute atomic E-state index is 0.127. The zero-order chi connectivity index (χ0) is 20.8. The van der Waals surface area contributed by atoms with E-state index in [2.05, 4.69) is 25.2 Å². The van der Waals surface area contributed by atoms with Gasteiger partial charge in [0.05, 0.1) is 0 Å². The number of nitrogens with zero attached hydrogens (tertiary/aromatic N) is 4. The molecule has 0 aliphatic carbocycles. The van der Waals surface area contributed by atoms with Crippen LogP contribution in [-0.2, 0) is 6.18 Å². The fourth-order valence-electron chi connectivity index (χ4n) is 3.62. The Morgan fingerprint density at radius 3 is 2.55 bits per heavy atom. The van der Waals surface area contributed by atoms with E-state index in [0.717, 1.165) is 48.8 Å². The summed E-state index contributed by atoms with van der Waals surface area (Å²) >= 11 is 7.64. The minimum atomic E-state index is -4.54. The number of aryl methyl sites for hydroxylation is 1. The Kier molecular flexibility index (Phi) is 5.44. The molecule has 3 heterocycles. The first-order valence-electron chi connectivity index (χ1n) is 9.00. The molecule has 1 saturated heterocycles. The molecule has 1 unspecified atom stereocenters. The zero-order valence-electron chi connectivity index (χ0n) is 15.5. The summed E-state index contributed by atoms with van der Waals surface area (Å²) in [6, 6.07) is 4.68. The van der Waals surface area contributed by atoms with Crippen LogP contribution in [0.1, 0.15) is 11.1 Å². The fourth-order valence-corrected chi connectivity index (χ4v) is 4.67. The number of hydrogen-bond donors (Lipinski definition) is 1. The predicted molar refractivity (Wildman–Crippen MR) is 111 cm³/mol. The Morgan fingerprint density at radius 2 is 1.86 bits per heavy atom. The molecule has 0 bridgehead atoms. The maximum atomic E-state index is 13.8. The molecule has 1 aromatic carbocycles.